The van der Waals surface area contributed by atoms with Gasteiger partial charge in [-0.25, -0.2) is 4.79 Å². The van der Waals surface area contributed by atoms with Crippen molar-refractivity contribution in [1.29, 1.82) is 0 Å². The number of carbonyl (C=O) groups is 1. The number of methoxy groups -OCH3 is 1. The van der Waals surface area contributed by atoms with E-state index < -0.39 is 6.09 Å². The number of rotatable bonds is 4. The maximum Gasteiger partial charge on any atom is 0.407 e. The van der Waals surface area contributed by atoms with Gasteiger partial charge in [-0.1, -0.05) is 6.07 Å². The van der Waals surface area contributed by atoms with Crippen LogP contribution in [0.3, 0.4) is 0 Å². The van der Waals surface area contributed by atoms with Gasteiger partial charge in [0.1, 0.15) is 0 Å². The molecule has 104 valence electrons. The van der Waals surface area contributed by atoms with Crippen LogP contribution in [-0.4, -0.2) is 31.4 Å². The average molecular weight is 286 g/mol. The van der Waals surface area contributed by atoms with Crippen molar-refractivity contribution in [3.05, 3.63) is 23.8 Å². The Hall–Kier alpha value is -1.62. The molecule has 2 atom stereocenters. The lowest BCUT2D eigenvalue weighted by Crippen LogP contribution is -2.41. The summed E-state index contributed by atoms with van der Waals surface area (Å²) >= 11 is 6.09. The second-order valence-corrected chi connectivity index (χ2v) is 5.00. The third kappa shape index (κ3) is 3.44. The second-order valence-electron chi connectivity index (χ2n) is 4.31. The van der Waals surface area contributed by atoms with Gasteiger partial charge in [0, 0.05) is 0 Å². The summed E-state index contributed by atoms with van der Waals surface area (Å²) in [4.78, 5) is 11.3. The van der Waals surface area contributed by atoms with Crippen molar-refractivity contribution < 1.29 is 19.0 Å². The molecule has 1 amide bonds. The van der Waals surface area contributed by atoms with Crippen LogP contribution in [0.2, 0.25) is 0 Å². The number of alkyl halides is 1. The Labute approximate surface area is 116 Å². The number of hydrogen-bond acceptors (Lipinski definition) is 4. The molecule has 1 aromatic carbocycles. The third-order valence-electron chi connectivity index (χ3n) is 2.94. The molecule has 1 heterocycles. The lowest BCUT2D eigenvalue weighted by Gasteiger charge is -2.20. The molecule has 0 radical (unpaired) electrons. The molecule has 19 heavy (non-hydrogen) atoms. The van der Waals surface area contributed by atoms with Gasteiger partial charge in [-0.15, -0.1) is 11.6 Å². The van der Waals surface area contributed by atoms with E-state index in [9.17, 15) is 4.79 Å². The van der Waals surface area contributed by atoms with Gasteiger partial charge in [-0.05, 0) is 31.0 Å². The highest BCUT2D eigenvalue weighted by Gasteiger charge is 2.20. The molecule has 1 aliphatic heterocycles. The van der Waals surface area contributed by atoms with E-state index in [1.165, 1.54) is 7.11 Å². The van der Waals surface area contributed by atoms with Crippen molar-refractivity contribution in [2.45, 2.75) is 24.8 Å². The van der Waals surface area contributed by atoms with Gasteiger partial charge in [0.05, 0.1) is 18.5 Å². The summed E-state index contributed by atoms with van der Waals surface area (Å²) in [6, 6.07) is 5.47. The zero-order chi connectivity index (χ0) is 13.8. The summed E-state index contributed by atoms with van der Waals surface area (Å²) in [5.41, 5.74) is 1.01. The highest BCUT2D eigenvalue weighted by Crippen LogP contribution is 2.33. The predicted octanol–water partition coefficient (Wildman–Crippen LogP) is 2.31. The fraction of sp³-hybridized carbons (Fsp3) is 0.462. The molecule has 5 nitrogen and oxygen atoms in total. The predicted molar refractivity (Wildman–Crippen MR) is 70.9 cm³/mol. The number of carbonyl (C=O) groups excluding carboxylic acids is 1. The van der Waals surface area contributed by atoms with Gasteiger partial charge in [0.2, 0.25) is 6.79 Å². The molecule has 1 aliphatic rings. The van der Waals surface area contributed by atoms with Crippen LogP contribution in [0.25, 0.3) is 0 Å². The van der Waals surface area contributed by atoms with E-state index in [2.05, 4.69) is 10.1 Å². The maximum absolute atomic E-state index is 11.3. The minimum atomic E-state index is -0.488. The van der Waals surface area contributed by atoms with Crippen LogP contribution in [0, 0.1) is 0 Å². The van der Waals surface area contributed by atoms with Crippen LogP contribution < -0.4 is 14.8 Å². The summed E-state index contributed by atoms with van der Waals surface area (Å²) in [5, 5.41) is 2.50. The van der Waals surface area contributed by atoms with Crippen molar-refractivity contribution in [3.8, 4) is 11.5 Å². The van der Waals surface area contributed by atoms with Crippen LogP contribution in [0.4, 0.5) is 4.79 Å². The molecule has 2 rings (SSSR count). The molecular weight excluding hydrogens is 270 g/mol. The van der Waals surface area contributed by atoms with Crippen LogP contribution in [-0.2, 0) is 11.2 Å². The lowest BCUT2D eigenvalue weighted by atomic mass is 10.0. The van der Waals surface area contributed by atoms with Gasteiger partial charge in [0.25, 0.3) is 0 Å². The van der Waals surface area contributed by atoms with Crippen molar-refractivity contribution in [3.63, 3.8) is 0 Å². The molecule has 0 saturated heterocycles. The Morgan fingerprint density at radius 2 is 2.21 bits per heavy atom. The highest BCUT2D eigenvalue weighted by atomic mass is 35.5. The number of halogens is 1. The van der Waals surface area contributed by atoms with Gasteiger partial charge in [-0.3, -0.25) is 0 Å². The fourth-order valence-corrected chi connectivity index (χ4v) is 2.01. The summed E-state index contributed by atoms with van der Waals surface area (Å²) in [7, 11) is 1.33. The monoisotopic (exact) mass is 285 g/mol. The molecule has 0 spiro atoms. The lowest BCUT2D eigenvalue weighted by molar-refractivity contribution is 0.166. The molecule has 0 aromatic heterocycles. The van der Waals surface area contributed by atoms with Crippen molar-refractivity contribution in [2.75, 3.05) is 13.9 Å². The first-order valence-electron chi connectivity index (χ1n) is 5.97. The quantitative estimate of drug-likeness (QED) is 0.863. The zero-order valence-electron chi connectivity index (χ0n) is 10.8. The molecule has 0 fully saturated rings. The maximum atomic E-state index is 11.3. The van der Waals surface area contributed by atoms with E-state index in [1.54, 1.807) is 0 Å². The Balaban J connectivity index is 2.06. The number of benzene rings is 1. The number of fused-ring (bicyclic) bond motifs is 1. The first-order chi connectivity index (χ1) is 9.10. The molecule has 1 N–H and O–H groups in total. The summed E-state index contributed by atoms with van der Waals surface area (Å²) in [5.74, 6) is 1.46. The van der Waals surface area contributed by atoms with Gasteiger partial charge in [-0.2, -0.15) is 0 Å². The number of nitrogens with one attached hydrogen (secondary N) is 1. The van der Waals surface area contributed by atoms with E-state index in [0.717, 1.165) is 17.1 Å². The smallest absolute Gasteiger partial charge is 0.407 e. The first-order valence-corrected chi connectivity index (χ1v) is 6.41. The number of amides is 1. The van der Waals surface area contributed by atoms with Crippen LogP contribution in [0.1, 0.15) is 12.5 Å². The van der Waals surface area contributed by atoms with E-state index in [-0.39, 0.29) is 18.2 Å². The normalized spacial score (nSPS) is 15.7. The van der Waals surface area contributed by atoms with Crippen LogP contribution >= 0.6 is 11.6 Å². The van der Waals surface area contributed by atoms with Crippen molar-refractivity contribution in [1.82, 2.24) is 5.32 Å². The fourth-order valence-electron chi connectivity index (χ4n) is 1.86. The number of alkyl carbamates (subject to hydrolysis) is 1. The standard InChI is InChI=1S/C13H16ClNO4/c1-8(14)10(15-13(16)17-2)5-9-3-4-11-12(6-9)19-7-18-11/h3-4,6,8,10H,5,7H2,1-2H3,(H,15,16)/t8?,10-/m0/s1. The molecule has 0 bridgehead atoms. The topological polar surface area (TPSA) is 56.8 Å². The molecule has 1 unspecified atom stereocenters. The van der Waals surface area contributed by atoms with Crippen LogP contribution in [0.5, 0.6) is 11.5 Å². The largest absolute Gasteiger partial charge is 0.454 e. The minimum Gasteiger partial charge on any atom is -0.454 e. The highest BCUT2D eigenvalue weighted by molar-refractivity contribution is 6.20. The second kappa shape index (κ2) is 6.02. The van der Waals surface area contributed by atoms with Gasteiger partial charge in [0.15, 0.2) is 11.5 Å². The van der Waals surface area contributed by atoms with E-state index in [4.69, 9.17) is 21.1 Å². The molecule has 1 aromatic rings. The third-order valence-corrected chi connectivity index (χ3v) is 3.24. The molecule has 0 aliphatic carbocycles. The average Bonchev–Trinajstić information content (AvgIpc) is 2.85. The minimum absolute atomic E-state index is 0.213. The van der Waals surface area contributed by atoms with E-state index in [0.29, 0.717) is 6.42 Å². The van der Waals surface area contributed by atoms with E-state index in [1.807, 2.05) is 25.1 Å². The zero-order valence-corrected chi connectivity index (χ0v) is 11.6. The summed E-state index contributed by atoms with van der Waals surface area (Å²) in [6.07, 6.45) is 0.106. The van der Waals surface area contributed by atoms with Crippen LogP contribution in [0.15, 0.2) is 18.2 Å². The summed E-state index contributed by atoms with van der Waals surface area (Å²) in [6.45, 7) is 2.07. The number of ether oxygens (including phenoxy) is 3. The van der Waals surface area contributed by atoms with Crippen molar-refractivity contribution >= 4 is 17.7 Å². The van der Waals surface area contributed by atoms with Gasteiger partial charge >= 0.3 is 6.09 Å². The Bertz CT molecular complexity index is 464. The van der Waals surface area contributed by atoms with Gasteiger partial charge < -0.3 is 19.5 Å². The first kappa shape index (κ1) is 13.8. The summed E-state index contributed by atoms with van der Waals surface area (Å²) < 4.78 is 15.2. The van der Waals surface area contributed by atoms with E-state index >= 15 is 0 Å². The Kier molecular flexibility index (Phi) is 4.37. The number of hydrogen-bond donors (Lipinski definition) is 1. The molecular formula is C13H16ClNO4. The Morgan fingerprint density at radius 3 is 2.89 bits per heavy atom. The Morgan fingerprint density at radius 1 is 1.47 bits per heavy atom. The molecule has 0 saturated carbocycles. The molecule has 6 heteroatoms. The van der Waals surface area contributed by atoms with Crippen molar-refractivity contribution in [2.24, 2.45) is 0 Å². The SMILES string of the molecule is COC(=O)N[C@@H](Cc1ccc2c(c1)OCO2)C(C)Cl.